The van der Waals surface area contributed by atoms with Gasteiger partial charge in [-0.15, -0.1) is 0 Å². The Kier molecular flexibility index (Phi) is 14.4. The van der Waals surface area contributed by atoms with Crippen LogP contribution in [0.5, 0.6) is 0 Å². The van der Waals surface area contributed by atoms with Crippen LogP contribution in [0.25, 0.3) is 0 Å². The molecule has 0 aromatic heterocycles. The van der Waals surface area contributed by atoms with Crippen molar-refractivity contribution in [3.05, 3.63) is 23.8 Å². The molecular formula is C23H40O5. The zero-order valence-electron chi connectivity index (χ0n) is 18.3. The number of aliphatic hydroxyl groups excluding tert-OH is 1. The lowest BCUT2D eigenvalue weighted by Crippen LogP contribution is -2.26. The molecule has 2 N–H and O–H groups in total. The van der Waals surface area contributed by atoms with Gasteiger partial charge in [0.2, 0.25) is 0 Å². The zero-order chi connectivity index (χ0) is 21.5. The molecule has 5 nitrogen and oxygen atoms in total. The minimum absolute atomic E-state index is 0.167. The van der Waals surface area contributed by atoms with E-state index in [2.05, 4.69) is 50.7 Å². The maximum Gasteiger partial charge on any atom is 0.308 e. The van der Waals surface area contributed by atoms with Gasteiger partial charge in [-0.05, 0) is 42.6 Å². The Morgan fingerprint density at radius 1 is 1.25 bits per heavy atom. The molecule has 0 amide bonds. The van der Waals surface area contributed by atoms with Crippen molar-refractivity contribution in [2.75, 3.05) is 6.61 Å². The summed E-state index contributed by atoms with van der Waals surface area (Å²) in [5.74, 6) is 1.48. The Hall–Kier alpha value is -1.62. The van der Waals surface area contributed by atoms with Crippen LogP contribution in [0.4, 0.5) is 0 Å². The number of carboxylic acids is 1. The smallest absolute Gasteiger partial charge is 0.308 e. The fraction of sp³-hybridized carbons (Fsp3) is 0.739. The predicted octanol–water partition coefficient (Wildman–Crippen LogP) is 5.14. The number of aliphatic carboxylic acids is 1. The van der Waals surface area contributed by atoms with Gasteiger partial charge in [0, 0.05) is 13.3 Å². The number of allylic oxidation sites excluding steroid dienone is 4. The third-order valence-electron chi connectivity index (χ3n) is 4.90. The number of ether oxygens (including phenoxy) is 1. The summed E-state index contributed by atoms with van der Waals surface area (Å²) >= 11 is 0. The van der Waals surface area contributed by atoms with Crippen molar-refractivity contribution in [1.82, 2.24) is 0 Å². The van der Waals surface area contributed by atoms with Gasteiger partial charge in [-0.25, -0.2) is 0 Å². The second-order valence-corrected chi connectivity index (χ2v) is 7.63. The highest BCUT2D eigenvalue weighted by atomic mass is 16.5. The van der Waals surface area contributed by atoms with E-state index in [-0.39, 0.29) is 12.4 Å². The lowest BCUT2D eigenvalue weighted by atomic mass is 9.69. The maximum absolute atomic E-state index is 10.3. The van der Waals surface area contributed by atoms with Crippen LogP contribution < -0.4 is 0 Å². The molecule has 5 heteroatoms. The van der Waals surface area contributed by atoms with Gasteiger partial charge < -0.3 is 14.9 Å². The second kappa shape index (κ2) is 15.3. The first kappa shape index (κ1) is 26.4. The molecule has 3 aliphatic rings. The van der Waals surface area contributed by atoms with E-state index in [4.69, 9.17) is 15.0 Å². The van der Waals surface area contributed by atoms with E-state index in [1.165, 1.54) is 32.1 Å². The second-order valence-electron chi connectivity index (χ2n) is 7.63. The van der Waals surface area contributed by atoms with Crippen LogP contribution >= 0.6 is 0 Å². The van der Waals surface area contributed by atoms with Crippen molar-refractivity contribution in [2.45, 2.75) is 85.7 Å². The van der Waals surface area contributed by atoms with Gasteiger partial charge in [-0.3, -0.25) is 9.59 Å². The first-order valence-corrected chi connectivity index (χ1v) is 10.7. The normalized spacial score (nSPS) is 27.8. The molecule has 1 saturated heterocycles. The predicted molar refractivity (Wildman–Crippen MR) is 113 cm³/mol. The van der Waals surface area contributed by atoms with E-state index in [0.717, 1.165) is 24.7 Å². The lowest BCUT2D eigenvalue weighted by molar-refractivity contribution is -0.151. The van der Waals surface area contributed by atoms with Gasteiger partial charge in [0.1, 0.15) is 0 Å². The molecule has 0 aromatic carbocycles. The third kappa shape index (κ3) is 11.3. The van der Waals surface area contributed by atoms with Gasteiger partial charge in [-0.2, -0.15) is 0 Å². The molecule has 4 atom stereocenters. The topological polar surface area (TPSA) is 83.8 Å². The van der Waals surface area contributed by atoms with E-state index < -0.39 is 12.1 Å². The van der Waals surface area contributed by atoms with Crippen molar-refractivity contribution in [3.8, 4) is 0 Å². The molecule has 0 saturated carbocycles. The summed E-state index contributed by atoms with van der Waals surface area (Å²) in [6.45, 7) is 10.4. The Morgan fingerprint density at radius 2 is 1.86 bits per heavy atom. The molecule has 0 aromatic rings. The third-order valence-corrected chi connectivity index (χ3v) is 4.90. The van der Waals surface area contributed by atoms with Gasteiger partial charge in [0.05, 0.1) is 19.1 Å². The minimum atomic E-state index is -0.833. The molecule has 1 heterocycles. The van der Waals surface area contributed by atoms with Crippen molar-refractivity contribution in [2.24, 2.45) is 17.8 Å². The Morgan fingerprint density at radius 3 is 2.32 bits per heavy atom. The van der Waals surface area contributed by atoms with Gasteiger partial charge in [0.15, 0.2) is 0 Å². The number of carboxylic acid groups (broad SMARTS) is 1. The standard InChI is InChI=1S/C13H20.C5H8O3.C3H8.C2H4O2/c1-3-12-10(2)8-9-11-6-4-5-7-13(11)12;6-4-1-2-8-5(7)3-4;1-3-2;1-2(3)4/h6,8-10,12-13H,3-5,7H2,1-2H3;4,6H,1-3H2;3H2,1-2H3;1H3,(H,3,4). The number of esters is 1. The number of hydrogen-bond donors (Lipinski definition) is 2. The van der Waals surface area contributed by atoms with Gasteiger partial charge >= 0.3 is 5.97 Å². The Balaban J connectivity index is 0.000000415. The molecule has 1 fully saturated rings. The lowest BCUT2D eigenvalue weighted by Gasteiger charge is -2.36. The summed E-state index contributed by atoms with van der Waals surface area (Å²) in [6, 6.07) is 0. The molecular weight excluding hydrogens is 356 g/mol. The van der Waals surface area contributed by atoms with Crippen molar-refractivity contribution in [1.29, 1.82) is 0 Å². The van der Waals surface area contributed by atoms with E-state index in [1.54, 1.807) is 5.57 Å². The fourth-order valence-electron chi connectivity index (χ4n) is 3.67. The zero-order valence-corrected chi connectivity index (χ0v) is 18.3. The van der Waals surface area contributed by atoms with Crippen LogP contribution in [0.1, 0.15) is 79.6 Å². The molecule has 2 aliphatic carbocycles. The summed E-state index contributed by atoms with van der Waals surface area (Å²) in [7, 11) is 0. The average Bonchev–Trinajstić information content (AvgIpc) is 2.62. The van der Waals surface area contributed by atoms with Crippen molar-refractivity contribution >= 4 is 11.9 Å². The summed E-state index contributed by atoms with van der Waals surface area (Å²) in [5, 5.41) is 16.2. The largest absolute Gasteiger partial charge is 0.481 e. The fourth-order valence-corrected chi connectivity index (χ4v) is 3.67. The summed E-state index contributed by atoms with van der Waals surface area (Å²) in [6.07, 6.45) is 14.3. The van der Waals surface area contributed by atoms with E-state index in [9.17, 15) is 4.79 Å². The highest BCUT2D eigenvalue weighted by molar-refractivity contribution is 5.70. The number of rotatable bonds is 1. The van der Waals surface area contributed by atoms with Crippen LogP contribution in [0, 0.1) is 17.8 Å². The van der Waals surface area contributed by atoms with Crippen molar-refractivity contribution < 1.29 is 24.5 Å². The summed E-state index contributed by atoms with van der Waals surface area (Å²) < 4.78 is 4.55. The van der Waals surface area contributed by atoms with Crippen LogP contribution in [-0.4, -0.2) is 34.9 Å². The first-order chi connectivity index (χ1) is 13.3. The Bertz CT molecular complexity index is 505. The minimum Gasteiger partial charge on any atom is -0.481 e. The highest BCUT2D eigenvalue weighted by Gasteiger charge is 2.30. The number of cyclic esters (lactones) is 1. The molecule has 4 unspecified atom stereocenters. The molecule has 1 aliphatic heterocycles. The number of carbonyl (C=O) groups excluding carboxylic acids is 1. The molecule has 162 valence electrons. The SMILES string of the molecule is CC(=O)O.CCC.CCC1C(C)C=CC2=CCCCC21.O=C1CC(O)CCO1. The average molecular weight is 397 g/mol. The molecule has 0 radical (unpaired) electrons. The highest BCUT2D eigenvalue weighted by Crippen LogP contribution is 2.41. The number of aliphatic hydroxyl groups is 1. The maximum atomic E-state index is 10.3. The summed E-state index contributed by atoms with van der Waals surface area (Å²) in [4.78, 5) is 19.3. The monoisotopic (exact) mass is 396 g/mol. The molecule has 0 spiro atoms. The van der Waals surface area contributed by atoms with E-state index in [1.807, 2.05) is 0 Å². The van der Waals surface area contributed by atoms with E-state index >= 15 is 0 Å². The van der Waals surface area contributed by atoms with Crippen LogP contribution in [-0.2, 0) is 14.3 Å². The molecule has 3 rings (SSSR count). The first-order valence-electron chi connectivity index (χ1n) is 10.7. The van der Waals surface area contributed by atoms with Crippen LogP contribution in [0.3, 0.4) is 0 Å². The number of carbonyl (C=O) groups is 2. The quantitative estimate of drug-likeness (QED) is 0.600. The van der Waals surface area contributed by atoms with Gasteiger partial charge in [-0.1, -0.05) is 58.8 Å². The molecule has 28 heavy (non-hydrogen) atoms. The molecule has 0 bridgehead atoms. The number of hydrogen-bond acceptors (Lipinski definition) is 4. The van der Waals surface area contributed by atoms with Gasteiger partial charge in [0.25, 0.3) is 5.97 Å². The summed E-state index contributed by atoms with van der Waals surface area (Å²) in [5.41, 5.74) is 1.64. The van der Waals surface area contributed by atoms with Crippen molar-refractivity contribution in [3.63, 3.8) is 0 Å². The van der Waals surface area contributed by atoms with Crippen LogP contribution in [0.15, 0.2) is 23.8 Å². The Labute approximate surface area is 170 Å². The van der Waals surface area contributed by atoms with Crippen LogP contribution in [0.2, 0.25) is 0 Å². The number of fused-ring (bicyclic) bond motifs is 1. The van der Waals surface area contributed by atoms with E-state index in [0.29, 0.717) is 13.0 Å².